The number of aliphatic hydroxyl groups is 1. The molecule has 0 aliphatic carbocycles. The summed E-state index contributed by atoms with van der Waals surface area (Å²) in [6.07, 6.45) is 7.01. The number of aromatic nitrogens is 3. The molecule has 3 rings (SSSR count). The highest BCUT2D eigenvalue weighted by molar-refractivity contribution is 5.93. The molecule has 2 atom stereocenters. The Kier molecular flexibility index (Phi) is 6.15. The molecular weight excluding hydrogens is 354 g/mol. The first kappa shape index (κ1) is 20.5. The van der Waals surface area contributed by atoms with Gasteiger partial charge < -0.3 is 10.0 Å². The average molecular weight is 386 g/mol. The van der Waals surface area contributed by atoms with Crippen molar-refractivity contribution in [3.05, 3.63) is 42.5 Å². The fraction of sp³-hybridized carbons (Fsp3) is 0.571. The summed E-state index contributed by atoms with van der Waals surface area (Å²) in [5, 5.41) is 14.5. The summed E-state index contributed by atoms with van der Waals surface area (Å²) in [4.78, 5) is 21.9. The van der Waals surface area contributed by atoms with Gasteiger partial charge in [0.15, 0.2) is 0 Å². The lowest BCUT2D eigenvalue weighted by molar-refractivity contribution is -0.0239. The molecule has 1 fully saturated rings. The largest absolute Gasteiger partial charge is 0.389 e. The van der Waals surface area contributed by atoms with Crippen LogP contribution in [0.15, 0.2) is 36.8 Å². The predicted molar refractivity (Wildman–Crippen MR) is 108 cm³/mol. The fourth-order valence-corrected chi connectivity index (χ4v) is 3.93. The van der Waals surface area contributed by atoms with Crippen molar-refractivity contribution in [1.29, 1.82) is 0 Å². The number of carbonyl (C=O) groups is 1. The first-order chi connectivity index (χ1) is 13.3. The molecule has 0 saturated carbocycles. The van der Waals surface area contributed by atoms with Crippen LogP contribution in [0.3, 0.4) is 0 Å². The highest BCUT2D eigenvalue weighted by Crippen LogP contribution is 2.24. The molecule has 1 aliphatic rings. The van der Waals surface area contributed by atoms with Gasteiger partial charge in [0.05, 0.1) is 11.3 Å². The van der Waals surface area contributed by atoms with Crippen molar-refractivity contribution in [1.82, 2.24) is 24.6 Å². The molecule has 0 spiro atoms. The van der Waals surface area contributed by atoms with Crippen molar-refractivity contribution < 1.29 is 9.90 Å². The maximum absolute atomic E-state index is 13.3. The van der Waals surface area contributed by atoms with Crippen LogP contribution >= 0.6 is 0 Å². The lowest BCUT2D eigenvalue weighted by Gasteiger charge is -2.47. The summed E-state index contributed by atoms with van der Waals surface area (Å²) >= 11 is 0. The highest BCUT2D eigenvalue weighted by Gasteiger charge is 2.37. The van der Waals surface area contributed by atoms with E-state index in [0.29, 0.717) is 18.8 Å². The lowest BCUT2D eigenvalue weighted by atomic mass is 9.99. The maximum Gasteiger partial charge on any atom is 0.272 e. The number of carbonyl (C=O) groups excluding carboxylic acids is 1. The lowest BCUT2D eigenvalue weighted by Crippen LogP contribution is -2.61. The molecule has 28 heavy (non-hydrogen) atoms. The second-order valence-electron chi connectivity index (χ2n) is 8.17. The molecule has 1 aliphatic heterocycles. The Morgan fingerprint density at radius 1 is 1.21 bits per heavy atom. The molecule has 1 N–H and O–H groups in total. The summed E-state index contributed by atoms with van der Waals surface area (Å²) < 4.78 is 1.73. The number of hydrogen-bond acceptors (Lipinski definition) is 5. The van der Waals surface area contributed by atoms with Crippen LogP contribution in [0.25, 0.3) is 5.69 Å². The molecule has 0 unspecified atom stereocenters. The monoisotopic (exact) mass is 385 g/mol. The first-order valence-corrected chi connectivity index (χ1v) is 10.1. The molecule has 0 radical (unpaired) electrons. The van der Waals surface area contributed by atoms with E-state index in [0.717, 1.165) is 25.1 Å². The smallest absolute Gasteiger partial charge is 0.272 e. The van der Waals surface area contributed by atoms with Crippen LogP contribution in [0, 0.1) is 0 Å². The van der Waals surface area contributed by atoms with E-state index in [2.05, 4.69) is 28.8 Å². The summed E-state index contributed by atoms with van der Waals surface area (Å²) in [5.41, 5.74) is 0.513. The Labute approximate surface area is 167 Å². The number of amides is 1. The van der Waals surface area contributed by atoms with Crippen LogP contribution < -0.4 is 0 Å². The second-order valence-corrected chi connectivity index (χ2v) is 8.17. The number of hydrogen-bond donors (Lipinski definition) is 1. The van der Waals surface area contributed by atoms with Crippen molar-refractivity contribution in [3.8, 4) is 5.69 Å². The van der Waals surface area contributed by atoms with E-state index >= 15 is 0 Å². The zero-order chi connectivity index (χ0) is 20.3. The van der Waals surface area contributed by atoms with Gasteiger partial charge in [-0.2, -0.15) is 5.10 Å². The third kappa shape index (κ3) is 4.59. The van der Waals surface area contributed by atoms with E-state index in [1.54, 1.807) is 23.1 Å². The minimum absolute atomic E-state index is 0.0396. The van der Waals surface area contributed by atoms with Crippen LogP contribution in [-0.2, 0) is 0 Å². The molecule has 2 aromatic rings. The predicted octanol–water partition coefficient (Wildman–Crippen LogP) is 2.35. The minimum Gasteiger partial charge on any atom is -0.389 e. The van der Waals surface area contributed by atoms with Gasteiger partial charge in [-0.25, -0.2) is 4.68 Å². The Bertz CT molecular complexity index is 784. The van der Waals surface area contributed by atoms with Crippen molar-refractivity contribution >= 4 is 5.91 Å². The molecule has 1 amide bonds. The maximum atomic E-state index is 13.3. The number of rotatable bonds is 6. The van der Waals surface area contributed by atoms with Crippen molar-refractivity contribution in [3.63, 3.8) is 0 Å². The van der Waals surface area contributed by atoms with E-state index in [1.165, 1.54) is 0 Å². The van der Waals surface area contributed by atoms with Crippen molar-refractivity contribution in [2.75, 3.05) is 19.6 Å². The molecule has 152 valence electrons. The van der Waals surface area contributed by atoms with Gasteiger partial charge >= 0.3 is 0 Å². The Morgan fingerprint density at radius 2 is 1.96 bits per heavy atom. The van der Waals surface area contributed by atoms with E-state index in [1.807, 2.05) is 37.1 Å². The summed E-state index contributed by atoms with van der Waals surface area (Å²) in [6.45, 7) is 9.94. The first-order valence-electron chi connectivity index (χ1n) is 10.1. The number of nitrogens with zero attached hydrogens (tertiary/aromatic N) is 5. The summed E-state index contributed by atoms with van der Waals surface area (Å²) in [5.74, 6) is -0.0396. The summed E-state index contributed by atoms with van der Waals surface area (Å²) in [6, 6.07) is 5.83. The summed E-state index contributed by atoms with van der Waals surface area (Å²) in [7, 11) is 0. The van der Waals surface area contributed by atoms with Gasteiger partial charge in [-0.15, -0.1) is 0 Å². The van der Waals surface area contributed by atoms with Gasteiger partial charge in [-0.05, 0) is 44.9 Å². The van der Waals surface area contributed by atoms with Crippen LogP contribution in [0.2, 0.25) is 0 Å². The van der Waals surface area contributed by atoms with Crippen LogP contribution in [0.1, 0.15) is 51.0 Å². The molecule has 0 bridgehead atoms. The minimum atomic E-state index is -0.752. The molecule has 2 aromatic heterocycles. The topological polar surface area (TPSA) is 74.5 Å². The molecule has 7 nitrogen and oxygen atoms in total. The molecule has 3 heterocycles. The number of β-amino-alcohol motifs (C(OH)–C–C–N with tert-alkyl or cyclic N) is 1. The number of pyridine rings is 1. The van der Waals surface area contributed by atoms with Crippen molar-refractivity contribution in [2.24, 2.45) is 0 Å². The third-order valence-electron chi connectivity index (χ3n) is 5.33. The SMILES string of the molecule is CC[C@@H]1CN(C(=O)c2cc(-n3cccn3)ccn2)[C@H](CC)CN1CC(C)(C)O. The Morgan fingerprint density at radius 3 is 2.57 bits per heavy atom. The molecule has 0 aromatic carbocycles. The van der Waals surface area contributed by atoms with Gasteiger partial charge in [0.1, 0.15) is 5.69 Å². The van der Waals surface area contributed by atoms with Gasteiger partial charge in [-0.1, -0.05) is 13.8 Å². The van der Waals surface area contributed by atoms with E-state index < -0.39 is 5.60 Å². The number of piperazine rings is 1. The zero-order valence-corrected chi connectivity index (χ0v) is 17.2. The Balaban J connectivity index is 1.82. The third-order valence-corrected chi connectivity index (χ3v) is 5.33. The van der Waals surface area contributed by atoms with Gasteiger partial charge in [0.2, 0.25) is 0 Å². The van der Waals surface area contributed by atoms with Crippen LogP contribution in [0.4, 0.5) is 0 Å². The van der Waals surface area contributed by atoms with Crippen molar-refractivity contribution in [2.45, 2.75) is 58.2 Å². The normalized spacial score (nSPS) is 21.1. The van der Waals surface area contributed by atoms with E-state index in [9.17, 15) is 9.90 Å². The average Bonchev–Trinajstić information content (AvgIpc) is 3.21. The van der Waals surface area contributed by atoms with Gasteiger partial charge in [0.25, 0.3) is 5.91 Å². The van der Waals surface area contributed by atoms with Crippen LogP contribution in [0.5, 0.6) is 0 Å². The van der Waals surface area contributed by atoms with E-state index in [4.69, 9.17) is 0 Å². The second kappa shape index (κ2) is 8.41. The zero-order valence-electron chi connectivity index (χ0n) is 17.2. The van der Waals surface area contributed by atoms with Crippen LogP contribution in [-0.4, -0.2) is 72.9 Å². The molecule has 1 saturated heterocycles. The Hall–Kier alpha value is -2.25. The molecule has 7 heteroatoms. The van der Waals surface area contributed by atoms with E-state index in [-0.39, 0.29) is 18.0 Å². The van der Waals surface area contributed by atoms with Gasteiger partial charge in [-0.3, -0.25) is 14.7 Å². The van der Waals surface area contributed by atoms with Gasteiger partial charge in [0, 0.05) is 50.3 Å². The molecular formula is C21H31N5O2. The quantitative estimate of drug-likeness (QED) is 0.826. The standard InChI is InChI=1S/C21H31N5O2/c1-5-16-14-25(17(6-2)13-24(16)15-21(3,4)28)20(27)19-12-18(8-10-22-19)26-11-7-9-23-26/h7-12,16-17,28H,5-6,13-15H2,1-4H3/t16-,17-/m1/s1. The fourth-order valence-electron chi connectivity index (χ4n) is 3.93. The highest BCUT2D eigenvalue weighted by atomic mass is 16.3.